The van der Waals surface area contributed by atoms with Crippen LogP contribution in [-0.2, 0) is 0 Å². The third-order valence-electron chi connectivity index (χ3n) is 2.69. The molecule has 0 unspecified atom stereocenters. The van der Waals surface area contributed by atoms with Gasteiger partial charge in [-0.2, -0.15) is 0 Å². The second-order valence-electron chi connectivity index (χ2n) is 3.82. The Kier molecular flexibility index (Phi) is 3.98. The van der Waals surface area contributed by atoms with Crippen LogP contribution >= 0.6 is 23.2 Å². The first-order valence-corrected chi connectivity index (χ1v) is 6.16. The van der Waals surface area contributed by atoms with E-state index in [1.165, 1.54) is 19.2 Å². The Hall–Kier alpha value is -1.71. The van der Waals surface area contributed by atoms with Gasteiger partial charge in [-0.15, -0.1) is 0 Å². The van der Waals surface area contributed by atoms with Gasteiger partial charge in [0.15, 0.2) is 0 Å². The van der Waals surface area contributed by atoms with E-state index >= 15 is 0 Å². The lowest BCUT2D eigenvalue weighted by molar-refractivity contribution is 0.0696. The molecular weight excluding hydrogens is 287 g/mol. The normalized spacial score (nSPS) is 10.3. The maximum atomic E-state index is 10.9. The van der Waals surface area contributed by atoms with Gasteiger partial charge in [-0.1, -0.05) is 35.3 Å². The van der Waals surface area contributed by atoms with E-state index in [1.807, 2.05) is 0 Å². The Bertz CT molecular complexity index is 639. The summed E-state index contributed by atoms with van der Waals surface area (Å²) in [5.74, 6) is -0.578. The van der Waals surface area contributed by atoms with Crippen molar-refractivity contribution in [2.75, 3.05) is 7.11 Å². The van der Waals surface area contributed by atoms with Gasteiger partial charge in [0.1, 0.15) is 5.75 Å². The van der Waals surface area contributed by atoms with E-state index < -0.39 is 5.97 Å². The van der Waals surface area contributed by atoms with Crippen molar-refractivity contribution >= 4 is 29.2 Å². The summed E-state index contributed by atoms with van der Waals surface area (Å²) in [4.78, 5) is 10.9. The molecule has 0 aromatic heterocycles. The Morgan fingerprint density at radius 2 is 1.89 bits per heavy atom. The molecular formula is C14H10Cl2O3. The van der Waals surface area contributed by atoms with E-state index in [9.17, 15) is 4.79 Å². The first-order chi connectivity index (χ1) is 9.04. The molecule has 3 nitrogen and oxygen atoms in total. The van der Waals surface area contributed by atoms with Crippen molar-refractivity contribution in [3.05, 3.63) is 52.0 Å². The third-order valence-corrected chi connectivity index (χ3v) is 3.51. The van der Waals surface area contributed by atoms with E-state index in [0.29, 0.717) is 26.9 Å². The lowest BCUT2D eigenvalue weighted by Gasteiger charge is -2.11. The SMILES string of the molecule is COc1cc(C(=O)O)ccc1-c1cccc(Cl)c1Cl. The molecule has 98 valence electrons. The molecule has 0 fully saturated rings. The van der Waals surface area contributed by atoms with Crippen LogP contribution in [0.2, 0.25) is 10.0 Å². The number of carbonyl (C=O) groups is 1. The van der Waals surface area contributed by atoms with E-state index in [0.717, 1.165) is 0 Å². The fraction of sp³-hybridized carbons (Fsp3) is 0.0714. The Balaban J connectivity index is 2.62. The number of rotatable bonds is 3. The van der Waals surface area contributed by atoms with Crippen LogP contribution in [0.3, 0.4) is 0 Å². The maximum absolute atomic E-state index is 10.9. The highest BCUT2D eigenvalue weighted by Gasteiger charge is 2.14. The molecule has 19 heavy (non-hydrogen) atoms. The summed E-state index contributed by atoms with van der Waals surface area (Å²) in [5, 5.41) is 9.80. The number of halogens is 2. The first-order valence-electron chi connectivity index (χ1n) is 5.40. The van der Waals surface area contributed by atoms with Crippen molar-refractivity contribution < 1.29 is 14.6 Å². The van der Waals surface area contributed by atoms with Gasteiger partial charge in [0.2, 0.25) is 0 Å². The maximum Gasteiger partial charge on any atom is 0.335 e. The van der Waals surface area contributed by atoms with Gasteiger partial charge in [0, 0.05) is 11.1 Å². The first kappa shape index (κ1) is 13.7. The molecule has 0 heterocycles. The summed E-state index contributed by atoms with van der Waals surface area (Å²) in [5.41, 5.74) is 1.54. The minimum atomic E-state index is -1.01. The molecule has 0 amide bonds. The highest BCUT2D eigenvalue weighted by atomic mass is 35.5. The van der Waals surface area contributed by atoms with E-state index in [4.69, 9.17) is 33.0 Å². The lowest BCUT2D eigenvalue weighted by Crippen LogP contribution is -1.98. The van der Waals surface area contributed by atoms with Crippen LogP contribution in [0.25, 0.3) is 11.1 Å². The van der Waals surface area contributed by atoms with Gasteiger partial charge in [-0.05, 0) is 24.3 Å². The van der Waals surface area contributed by atoms with Crippen molar-refractivity contribution in [2.24, 2.45) is 0 Å². The predicted molar refractivity (Wildman–Crippen MR) is 75.4 cm³/mol. The summed E-state index contributed by atoms with van der Waals surface area (Å²) < 4.78 is 5.22. The standard InChI is InChI=1S/C14H10Cl2O3/c1-19-12-7-8(14(17)18)5-6-9(12)10-3-2-4-11(15)13(10)16/h2-7H,1H3,(H,17,18). The van der Waals surface area contributed by atoms with Crippen molar-refractivity contribution in [3.8, 4) is 16.9 Å². The second kappa shape index (κ2) is 5.51. The largest absolute Gasteiger partial charge is 0.496 e. The third kappa shape index (κ3) is 2.67. The topological polar surface area (TPSA) is 46.5 Å². The fourth-order valence-corrected chi connectivity index (χ4v) is 2.16. The average Bonchev–Trinajstić information content (AvgIpc) is 2.41. The fourth-order valence-electron chi connectivity index (χ4n) is 1.76. The zero-order valence-electron chi connectivity index (χ0n) is 9.98. The van der Waals surface area contributed by atoms with Crippen LogP contribution in [0.15, 0.2) is 36.4 Å². The molecule has 1 N–H and O–H groups in total. The van der Waals surface area contributed by atoms with Crippen LogP contribution in [-0.4, -0.2) is 18.2 Å². The Morgan fingerprint density at radius 3 is 2.53 bits per heavy atom. The molecule has 0 aliphatic rings. The molecule has 0 saturated heterocycles. The van der Waals surface area contributed by atoms with Gasteiger partial charge in [-0.25, -0.2) is 4.79 Å². The smallest absolute Gasteiger partial charge is 0.335 e. The molecule has 0 aliphatic heterocycles. The summed E-state index contributed by atoms with van der Waals surface area (Å²) in [6.45, 7) is 0. The zero-order chi connectivity index (χ0) is 14.0. The van der Waals surface area contributed by atoms with E-state index in [-0.39, 0.29) is 5.56 Å². The number of benzene rings is 2. The van der Waals surface area contributed by atoms with Crippen molar-refractivity contribution in [3.63, 3.8) is 0 Å². The molecule has 0 atom stereocenters. The van der Waals surface area contributed by atoms with E-state index in [2.05, 4.69) is 0 Å². The molecule has 0 saturated carbocycles. The van der Waals surface area contributed by atoms with Crippen molar-refractivity contribution in [2.45, 2.75) is 0 Å². The molecule has 2 aromatic rings. The summed E-state index contributed by atoms with van der Waals surface area (Å²) in [7, 11) is 1.48. The summed E-state index contributed by atoms with van der Waals surface area (Å²) in [6, 6.07) is 9.86. The Morgan fingerprint density at radius 1 is 1.16 bits per heavy atom. The highest BCUT2D eigenvalue weighted by Crippen LogP contribution is 2.38. The summed E-state index contributed by atoms with van der Waals surface area (Å²) >= 11 is 12.1. The molecule has 5 heteroatoms. The minimum Gasteiger partial charge on any atom is -0.496 e. The van der Waals surface area contributed by atoms with Gasteiger partial charge >= 0.3 is 5.97 Å². The predicted octanol–water partition coefficient (Wildman–Crippen LogP) is 4.37. The zero-order valence-corrected chi connectivity index (χ0v) is 11.5. The second-order valence-corrected chi connectivity index (χ2v) is 4.61. The summed E-state index contributed by atoms with van der Waals surface area (Å²) in [6.07, 6.45) is 0. The van der Waals surface area contributed by atoms with Gasteiger partial charge < -0.3 is 9.84 Å². The number of methoxy groups -OCH3 is 1. The number of hydrogen-bond donors (Lipinski definition) is 1. The molecule has 0 spiro atoms. The molecule has 0 aliphatic carbocycles. The number of hydrogen-bond acceptors (Lipinski definition) is 2. The van der Waals surface area contributed by atoms with Crippen LogP contribution in [0.1, 0.15) is 10.4 Å². The monoisotopic (exact) mass is 296 g/mol. The van der Waals surface area contributed by atoms with Crippen molar-refractivity contribution in [1.82, 2.24) is 0 Å². The van der Waals surface area contributed by atoms with Crippen LogP contribution < -0.4 is 4.74 Å². The highest BCUT2D eigenvalue weighted by molar-refractivity contribution is 6.43. The van der Waals surface area contributed by atoms with E-state index in [1.54, 1.807) is 24.3 Å². The van der Waals surface area contributed by atoms with Crippen LogP contribution in [0.5, 0.6) is 5.75 Å². The van der Waals surface area contributed by atoms with Gasteiger partial charge in [0.25, 0.3) is 0 Å². The number of carboxylic acids is 1. The molecule has 2 aromatic carbocycles. The molecule has 2 rings (SSSR count). The van der Waals surface area contributed by atoms with Crippen LogP contribution in [0.4, 0.5) is 0 Å². The molecule has 0 bridgehead atoms. The lowest BCUT2D eigenvalue weighted by atomic mass is 10.0. The van der Waals surface area contributed by atoms with Gasteiger partial charge in [0.05, 0.1) is 22.7 Å². The molecule has 0 radical (unpaired) electrons. The number of carboxylic acid groups (broad SMARTS) is 1. The average molecular weight is 297 g/mol. The number of ether oxygens (including phenoxy) is 1. The van der Waals surface area contributed by atoms with Crippen LogP contribution in [0, 0.1) is 0 Å². The van der Waals surface area contributed by atoms with Crippen molar-refractivity contribution in [1.29, 1.82) is 0 Å². The Labute approximate surface area is 120 Å². The quantitative estimate of drug-likeness (QED) is 0.915. The minimum absolute atomic E-state index is 0.152. The number of aromatic carboxylic acids is 1. The van der Waals surface area contributed by atoms with Gasteiger partial charge in [-0.3, -0.25) is 0 Å².